The van der Waals surface area contributed by atoms with E-state index in [2.05, 4.69) is 19.2 Å². The van der Waals surface area contributed by atoms with Gasteiger partial charge in [0, 0.05) is 18.1 Å². The SMILES string of the molecule is CC1CC(N)CC(C)N1.O=C(O)C(F)(F)F. The molecule has 1 fully saturated rings. The number of rotatable bonds is 0. The molecule has 1 aliphatic heterocycles. The van der Waals surface area contributed by atoms with Gasteiger partial charge in [0.05, 0.1) is 0 Å². The molecule has 4 nitrogen and oxygen atoms in total. The number of piperidine rings is 1. The second-order valence-corrected chi connectivity index (χ2v) is 4.00. The molecule has 1 aliphatic rings. The lowest BCUT2D eigenvalue weighted by atomic mass is 9.96. The van der Waals surface area contributed by atoms with Crippen LogP contribution in [0.25, 0.3) is 0 Å². The molecule has 1 heterocycles. The van der Waals surface area contributed by atoms with Crippen LogP contribution in [0.2, 0.25) is 0 Å². The van der Waals surface area contributed by atoms with Gasteiger partial charge in [-0.1, -0.05) is 0 Å². The van der Waals surface area contributed by atoms with Crippen LogP contribution in [0.4, 0.5) is 13.2 Å². The molecule has 1 saturated heterocycles. The highest BCUT2D eigenvalue weighted by atomic mass is 19.4. The molecule has 0 aromatic rings. The van der Waals surface area contributed by atoms with Gasteiger partial charge in [-0.3, -0.25) is 0 Å². The van der Waals surface area contributed by atoms with Gasteiger partial charge in [-0.05, 0) is 26.7 Å². The van der Waals surface area contributed by atoms with Crippen LogP contribution < -0.4 is 11.1 Å². The average molecular weight is 242 g/mol. The fraction of sp³-hybridized carbons (Fsp3) is 0.889. The third kappa shape index (κ3) is 6.62. The van der Waals surface area contributed by atoms with Gasteiger partial charge in [0.1, 0.15) is 0 Å². The quantitative estimate of drug-likeness (QED) is 0.594. The van der Waals surface area contributed by atoms with Crippen LogP contribution >= 0.6 is 0 Å². The largest absolute Gasteiger partial charge is 0.490 e. The van der Waals surface area contributed by atoms with Gasteiger partial charge in [0.25, 0.3) is 0 Å². The van der Waals surface area contributed by atoms with E-state index in [0.29, 0.717) is 18.1 Å². The molecule has 0 radical (unpaired) electrons. The van der Waals surface area contributed by atoms with Crippen LogP contribution in [0.1, 0.15) is 26.7 Å². The number of carbonyl (C=O) groups is 1. The van der Waals surface area contributed by atoms with Gasteiger partial charge in [0.15, 0.2) is 0 Å². The van der Waals surface area contributed by atoms with Crippen LogP contribution in [-0.2, 0) is 4.79 Å². The Morgan fingerprint density at radius 3 is 1.81 bits per heavy atom. The Bertz CT molecular complexity index is 208. The van der Waals surface area contributed by atoms with Gasteiger partial charge in [-0.2, -0.15) is 13.2 Å². The van der Waals surface area contributed by atoms with E-state index in [1.54, 1.807) is 0 Å². The number of carboxylic acid groups (broad SMARTS) is 1. The number of carboxylic acids is 1. The van der Waals surface area contributed by atoms with E-state index in [1.165, 1.54) is 0 Å². The fourth-order valence-corrected chi connectivity index (χ4v) is 1.63. The van der Waals surface area contributed by atoms with Gasteiger partial charge in [-0.25, -0.2) is 4.79 Å². The summed E-state index contributed by atoms with van der Waals surface area (Å²) in [5.41, 5.74) is 5.78. The van der Waals surface area contributed by atoms with E-state index in [0.717, 1.165) is 12.8 Å². The number of nitrogens with two attached hydrogens (primary N) is 1. The molecule has 96 valence electrons. The maximum atomic E-state index is 10.6. The Morgan fingerprint density at radius 1 is 1.31 bits per heavy atom. The lowest BCUT2D eigenvalue weighted by Gasteiger charge is -2.30. The summed E-state index contributed by atoms with van der Waals surface area (Å²) in [6.07, 6.45) is -2.82. The minimum atomic E-state index is -5.08. The maximum Gasteiger partial charge on any atom is 0.490 e. The Hall–Kier alpha value is -0.820. The van der Waals surface area contributed by atoms with Crippen LogP contribution in [0, 0.1) is 0 Å². The summed E-state index contributed by atoms with van der Waals surface area (Å²) >= 11 is 0. The molecule has 0 aromatic carbocycles. The van der Waals surface area contributed by atoms with Crippen molar-refractivity contribution in [2.45, 2.75) is 51.0 Å². The first kappa shape index (κ1) is 15.2. The summed E-state index contributed by atoms with van der Waals surface area (Å²) in [4.78, 5) is 8.90. The molecular formula is C9H17F3N2O2. The number of nitrogens with one attached hydrogen (secondary N) is 1. The normalized spacial score (nSPS) is 30.2. The predicted molar refractivity (Wildman–Crippen MR) is 53.0 cm³/mol. The van der Waals surface area contributed by atoms with Gasteiger partial charge < -0.3 is 16.2 Å². The summed E-state index contributed by atoms with van der Waals surface area (Å²) in [5, 5.41) is 10.6. The number of aliphatic carboxylic acids is 1. The fourth-order valence-electron chi connectivity index (χ4n) is 1.63. The van der Waals surface area contributed by atoms with E-state index >= 15 is 0 Å². The van der Waals surface area contributed by atoms with Crippen molar-refractivity contribution < 1.29 is 23.1 Å². The monoisotopic (exact) mass is 242 g/mol. The Balaban J connectivity index is 0.000000293. The zero-order valence-corrected chi connectivity index (χ0v) is 9.21. The van der Waals surface area contributed by atoms with Crippen molar-refractivity contribution in [3.63, 3.8) is 0 Å². The third-order valence-electron chi connectivity index (χ3n) is 2.12. The van der Waals surface area contributed by atoms with Crippen molar-refractivity contribution in [2.24, 2.45) is 5.73 Å². The van der Waals surface area contributed by atoms with Crippen molar-refractivity contribution in [3.8, 4) is 0 Å². The second kappa shape index (κ2) is 6.05. The first-order valence-corrected chi connectivity index (χ1v) is 4.94. The van der Waals surface area contributed by atoms with Gasteiger partial charge in [-0.15, -0.1) is 0 Å². The molecule has 7 heteroatoms. The standard InChI is InChI=1S/C7H16N2.C2HF3O2/c1-5-3-7(8)4-6(2)9-5;3-2(4,5)1(6)7/h5-7,9H,3-4,8H2,1-2H3;(H,6,7). The molecule has 0 aliphatic carbocycles. The van der Waals surface area contributed by atoms with Crippen LogP contribution in [0.5, 0.6) is 0 Å². The molecule has 2 unspecified atom stereocenters. The molecule has 16 heavy (non-hydrogen) atoms. The second-order valence-electron chi connectivity index (χ2n) is 4.00. The summed E-state index contributed by atoms with van der Waals surface area (Å²) in [5.74, 6) is -2.76. The molecule has 1 rings (SSSR count). The summed E-state index contributed by atoms with van der Waals surface area (Å²) in [7, 11) is 0. The van der Waals surface area contributed by atoms with E-state index in [-0.39, 0.29) is 0 Å². The van der Waals surface area contributed by atoms with E-state index in [4.69, 9.17) is 15.6 Å². The molecule has 0 saturated carbocycles. The van der Waals surface area contributed by atoms with Crippen molar-refractivity contribution in [2.75, 3.05) is 0 Å². The lowest BCUT2D eigenvalue weighted by molar-refractivity contribution is -0.192. The number of hydrogen-bond acceptors (Lipinski definition) is 3. The summed E-state index contributed by atoms with van der Waals surface area (Å²) < 4.78 is 31.7. The van der Waals surface area contributed by atoms with Crippen molar-refractivity contribution in [3.05, 3.63) is 0 Å². The molecule has 0 aromatic heterocycles. The first-order valence-electron chi connectivity index (χ1n) is 4.94. The minimum Gasteiger partial charge on any atom is -0.475 e. The highest BCUT2D eigenvalue weighted by molar-refractivity contribution is 5.73. The van der Waals surface area contributed by atoms with Gasteiger partial charge in [0.2, 0.25) is 0 Å². The number of alkyl halides is 3. The Labute approximate surface area is 92.0 Å². The maximum absolute atomic E-state index is 10.6. The zero-order chi connectivity index (χ0) is 12.9. The molecule has 2 atom stereocenters. The van der Waals surface area contributed by atoms with Crippen LogP contribution in [-0.4, -0.2) is 35.4 Å². The van der Waals surface area contributed by atoms with Gasteiger partial charge >= 0.3 is 12.1 Å². The first-order chi connectivity index (χ1) is 7.12. The molecule has 0 amide bonds. The zero-order valence-electron chi connectivity index (χ0n) is 9.21. The minimum absolute atomic E-state index is 0.427. The van der Waals surface area contributed by atoms with Crippen molar-refractivity contribution in [1.82, 2.24) is 5.32 Å². The molecule has 0 spiro atoms. The van der Waals surface area contributed by atoms with E-state index < -0.39 is 12.1 Å². The Kier molecular flexibility index (Phi) is 5.74. The molecule has 4 N–H and O–H groups in total. The smallest absolute Gasteiger partial charge is 0.475 e. The summed E-state index contributed by atoms with van der Waals surface area (Å²) in [6, 6.07) is 1.66. The highest BCUT2D eigenvalue weighted by Gasteiger charge is 2.38. The van der Waals surface area contributed by atoms with Crippen LogP contribution in [0.15, 0.2) is 0 Å². The molecule has 0 bridgehead atoms. The highest BCUT2D eigenvalue weighted by Crippen LogP contribution is 2.13. The van der Waals surface area contributed by atoms with E-state index in [1.807, 2.05) is 0 Å². The summed E-state index contributed by atoms with van der Waals surface area (Å²) in [6.45, 7) is 4.38. The number of halogens is 3. The topological polar surface area (TPSA) is 75.3 Å². The lowest BCUT2D eigenvalue weighted by Crippen LogP contribution is -2.47. The average Bonchev–Trinajstić information content (AvgIpc) is 1.99. The van der Waals surface area contributed by atoms with Crippen LogP contribution in [0.3, 0.4) is 0 Å². The van der Waals surface area contributed by atoms with E-state index in [9.17, 15) is 13.2 Å². The van der Waals surface area contributed by atoms with Crippen molar-refractivity contribution >= 4 is 5.97 Å². The third-order valence-corrected chi connectivity index (χ3v) is 2.12. The number of hydrogen-bond donors (Lipinski definition) is 3. The Morgan fingerprint density at radius 2 is 1.62 bits per heavy atom. The molecular weight excluding hydrogens is 225 g/mol. The predicted octanol–water partition coefficient (Wildman–Crippen LogP) is 1.11. The van der Waals surface area contributed by atoms with Crippen molar-refractivity contribution in [1.29, 1.82) is 0 Å².